The topological polar surface area (TPSA) is 201 Å². The molecule has 1 amide bonds. The molecule has 0 saturated carbocycles. The van der Waals surface area contributed by atoms with Crippen molar-refractivity contribution in [3.05, 3.63) is 156 Å². The summed E-state index contributed by atoms with van der Waals surface area (Å²) in [5.41, 5.74) is 5.29. The van der Waals surface area contributed by atoms with E-state index in [9.17, 15) is 26.4 Å². The Morgan fingerprint density at radius 1 is 0.653 bits per heavy atom. The fourth-order valence-electron chi connectivity index (χ4n) is 7.37. The highest BCUT2D eigenvalue weighted by Gasteiger charge is 2.35. The molecule has 0 atom stereocenters. The molecule has 4 heterocycles. The molecule has 0 aliphatic heterocycles. The van der Waals surface area contributed by atoms with E-state index in [-0.39, 0.29) is 22.0 Å². The number of rotatable bonds is 12. The van der Waals surface area contributed by atoms with E-state index in [1.807, 2.05) is 74.5 Å². The van der Waals surface area contributed by atoms with E-state index in [0.29, 0.717) is 32.3 Å². The number of ether oxygens (including phenoxy) is 4. The molecule has 4 aromatic carbocycles. The van der Waals surface area contributed by atoms with Gasteiger partial charge in [0.2, 0.25) is 10.0 Å². The molecule has 72 heavy (non-hydrogen) atoms. The molecule has 0 radical (unpaired) electrons. The summed E-state index contributed by atoms with van der Waals surface area (Å²) < 4.78 is 79.1. The van der Waals surface area contributed by atoms with Crippen molar-refractivity contribution in [1.29, 1.82) is 0 Å². The van der Waals surface area contributed by atoms with Gasteiger partial charge in [-0.05, 0) is 134 Å². The standard InChI is InChI=1S/C32H37N3O7S.C22H21N3O3S/c1-21-12-14-25(15-13-21)43(38,39)35(30(37)42-32(5,6)7)20-23-19-34(29(36)41-31(2,3)4)28-26(23)16-17-27(33-28)22-10-9-11-24(18-22)40-8;1-15-6-8-19(9-7-15)29(26,27)24-14-17-13-23-22-20(17)10-11-21(25-22)16-4-3-5-18(12-16)28-2/h9-19H,20H2,1-8H3;3-13,24H,14H2,1-2H3,(H,23,25). The minimum Gasteiger partial charge on any atom is -0.497 e. The van der Waals surface area contributed by atoms with Gasteiger partial charge in [0.25, 0.3) is 10.0 Å². The number of amides is 1. The number of aromatic nitrogens is 4. The molecule has 16 nitrogen and oxygen atoms in total. The Kier molecular flexibility index (Phi) is 15.3. The number of nitrogens with zero attached hydrogens (tertiary/aromatic N) is 4. The molecular weight excluding hydrogens is 957 g/mol. The summed E-state index contributed by atoms with van der Waals surface area (Å²) in [5, 5.41) is 1.34. The minimum absolute atomic E-state index is 0.0710. The number of hydrogen-bond donors (Lipinski definition) is 2. The number of carbonyl (C=O) groups is 2. The number of sulfonamides is 2. The smallest absolute Gasteiger partial charge is 0.424 e. The lowest BCUT2D eigenvalue weighted by Gasteiger charge is -2.27. The van der Waals surface area contributed by atoms with Crippen LogP contribution in [0.25, 0.3) is 44.6 Å². The Morgan fingerprint density at radius 2 is 1.18 bits per heavy atom. The number of benzene rings is 4. The van der Waals surface area contributed by atoms with Crippen LogP contribution in [0.15, 0.2) is 144 Å². The van der Waals surface area contributed by atoms with E-state index < -0.39 is 50.0 Å². The number of pyridine rings is 2. The van der Waals surface area contributed by atoms with Gasteiger partial charge in [-0.3, -0.25) is 0 Å². The van der Waals surface area contributed by atoms with Crippen LogP contribution in [-0.4, -0.2) is 78.3 Å². The number of carbonyl (C=O) groups excluding carboxylic acids is 2. The third kappa shape index (κ3) is 12.5. The summed E-state index contributed by atoms with van der Waals surface area (Å²) in [6.45, 7) is 13.7. The summed E-state index contributed by atoms with van der Waals surface area (Å²) >= 11 is 0. The first-order valence-corrected chi connectivity index (χ1v) is 25.8. The first-order chi connectivity index (χ1) is 33.9. The molecule has 0 bridgehead atoms. The van der Waals surface area contributed by atoms with E-state index >= 15 is 0 Å². The Balaban J connectivity index is 0.000000227. The van der Waals surface area contributed by atoms with E-state index in [0.717, 1.165) is 44.6 Å². The fourth-order valence-corrected chi connectivity index (χ4v) is 9.65. The first kappa shape index (κ1) is 52.3. The van der Waals surface area contributed by atoms with Crippen molar-refractivity contribution in [3.63, 3.8) is 0 Å². The Hall–Kier alpha value is -7.54. The Bertz CT molecular complexity index is 3480. The highest BCUT2D eigenvalue weighted by Crippen LogP contribution is 2.31. The average Bonchev–Trinajstić information content (AvgIpc) is 3.92. The number of hydrogen-bond acceptors (Lipinski definition) is 12. The maximum Gasteiger partial charge on any atom is 0.424 e. The van der Waals surface area contributed by atoms with Crippen LogP contribution in [0, 0.1) is 13.8 Å². The van der Waals surface area contributed by atoms with Gasteiger partial charge in [0.05, 0.1) is 41.9 Å². The minimum atomic E-state index is -4.36. The van der Waals surface area contributed by atoms with Crippen LogP contribution in [0.5, 0.6) is 11.5 Å². The lowest BCUT2D eigenvalue weighted by atomic mass is 10.1. The molecule has 0 saturated heterocycles. The molecule has 0 unspecified atom stereocenters. The quantitative estimate of drug-likeness (QED) is 0.117. The van der Waals surface area contributed by atoms with Gasteiger partial charge in [-0.25, -0.2) is 45.7 Å². The molecule has 0 aliphatic carbocycles. The van der Waals surface area contributed by atoms with E-state index in [4.69, 9.17) is 23.9 Å². The predicted molar refractivity (Wildman–Crippen MR) is 277 cm³/mol. The number of fused-ring (bicyclic) bond motifs is 2. The van der Waals surface area contributed by atoms with Crippen molar-refractivity contribution < 1.29 is 45.4 Å². The molecule has 8 rings (SSSR count). The van der Waals surface area contributed by atoms with E-state index in [2.05, 4.69) is 14.7 Å². The second-order valence-electron chi connectivity index (χ2n) is 18.9. The highest BCUT2D eigenvalue weighted by atomic mass is 32.2. The van der Waals surface area contributed by atoms with Gasteiger partial charge in [-0.15, -0.1) is 0 Å². The maximum absolute atomic E-state index is 13.8. The Labute approximate surface area is 420 Å². The zero-order chi connectivity index (χ0) is 52.2. The van der Waals surface area contributed by atoms with Crippen LogP contribution in [0.3, 0.4) is 0 Å². The normalized spacial score (nSPS) is 12.0. The lowest BCUT2D eigenvalue weighted by Crippen LogP contribution is -2.40. The second kappa shape index (κ2) is 21.0. The Morgan fingerprint density at radius 3 is 1.72 bits per heavy atom. The summed E-state index contributed by atoms with van der Waals surface area (Å²) in [6.07, 6.45) is 1.48. The van der Waals surface area contributed by atoms with Gasteiger partial charge >= 0.3 is 12.2 Å². The van der Waals surface area contributed by atoms with Crippen LogP contribution in [-0.2, 0) is 42.6 Å². The van der Waals surface area contributed by atoms with Crippen LogP contribution < -0.4 is 14.2 Å². The second-order valence-corrected chi connectivity index (χ2v) is 22.5. The zero-order valence-electron chi connectivity index (χ0n) is 41.8. The average molecular weight is 1020 g/mol. The summed E-state index contributed by atoms with van der Waals surface area (Å²) in [5.74, 6) is 1.40. The number of H-pyrrole nitrogens is 1. The molecule has 18 heteroatoms. The fraction of sp³-hybridized carbons (Fsp3) is 0.259. The summed E-state index contributed by atoms with van der Waals surface area (Å²) in [4.78, 5) is 39.5. The molecule has 376 valence electrons. The van der Waals surface area contributed by atoms with Crippen LogP contribution in [0.1, 0.15) is 63.8 Å². The zero-order valence-corrected chi connectivity index (χ0v) is 43.4. The van der Waals surface area contributed by atoms with E-state index in [1.54, 1.807) is 110 Å². The van der Waals surface area contributed by atoms with Gasteiger partial charge in [0.1, 0.15) is 34.0 Å². The van der Waals surface area contributed by atoms with Gasteiger partial charge in [0, 0.05) is 46.4 Å². The lowest BCUT2D eigenvalue weighted by molar-refractivity contribution is 0.0381. The molecule has 0 aliphatic rings. The molecule has 2 N–H and O–H groups in total. The van der Waals surface area contributed by atoms with Crippen molar-refractivity contribution in [2.45, 2.75) is 89.5 Å². The number of nitrogens with one attached hydrogen (secondary N) is 2. The van der Waals surface area contributed by atoms with Crippen molar-refractivity contribution in [2.75, 3.05) is 14.2 Å². The SMILES string of the molecule is COc1cccc(-c2ccc3c(CN(C(=O)OC(C)(C)C)S(=O)(=O)c4ccc(C)cc4)cn(C(=O)OC(C)(C)C)c3n2)c1.COc1cccc(-c2ccc3c(CNS(=O)(=O)c4ccc(C)cc4)c[nH]c3n2)c1. The van der Waals surface area contributed by atoms with Crippen molar-refractivity contribution in [1.82, 2.24) is 28.5 Å². The monoisotopic (exact) mass is 1010 g/mol. The summed E-state index contributed by atoms with van der Waals surface area (Å²) in [6, 6.07) is 35.3. The van der Waals surface area contributed by atoms with Crippen molar-refractivity contribution in [2.24, 2.45) is 0 Å². The third-order valence-electron chi connectivity index (χ3n) is 11.0. The van der Waals surface area contributed by atoms with Crippen LogP contribution in [0.2, 0.25) is 0 Å². The van der Waals surface area contributed by atoms with E-state index in [1.165, 1.54) is 22.9 Å². The first-order valence-electron chi connectivity index (χ1n) is 22.8. The van der Waals surface area contributed by atoms with Gasteiger partial charge < -0.3 is 23.9 Å². The third-order valence-corrected chi connectivity index (χ3v) is 14.1. The predicted octanol–water partition coefficient (Wildman–Crippen LogP) is 11.0. The van der Waals surface area contributed by atoms with Crippen LogP contribution in [0.4, 0.5) is 9.59 Å². The maximum atomic E-state index is 13.8. The molecule has 8 aromatic rings. The molecule has 0 spiro atoms. The molecule has 4 aromatic heterocycles. The highest BCUT2D eigenvalue weighted by molar-refractivity contribution is 7.89. The summed E-state index contributed by atoms with van der Waals surface area (Å²) in [7, 11) is -4.74. The molecule has 0 fully saturated rings. The van der Waals surface area contributed by atoms with Gasteiger partial charge in [0.15, 0.2) is 0 Å². The van der Waals surface area contributed by atoms with Crippen LogP contribution >= 0.6 is 0 Å². The largest absolute Gasteiger partial charge is 0.497 e. The number of methoxy groups -OCH3 is 2. The number of aryl methyl sites for hydroxylation is 2. The van der Waals surface area contributed by atoms with Gasteiger partial charge in [-0.1, -0.05) is 59.7 Å². The molecular formula is C54H58N6O10S2. The number of aromatic amines is 1. The van der Waals surface area contributed by atoms with Gasteiger partial charge in [-0.2, -0.15) is 4.31 Å². The van der Waals surface area contributed by atoms with Crippen molar-refractivity contribution in [3.8, 4) is 34.0 Å². The van der Waals surface area contributed by atoms with Crippen molar-refractivity contribution >= 4 is 54.3 Å².